The summed E-state index contributed by atoms with van der Waals surface area (Å²) in [5.74, 6) is -3.10. The first-order valence-corrected chi connectivity index (χ1v) is 6.29. The second kappa shape index (κ2) is 6.62. The van der Waals surface area contributed by atoms with Crippen molar-refractivity contribution in [3.05, 3.63) is 65.7 Å². The summed E-state index contributed by atoms with van der Waals surface area (Å²) in [6.45, 7) is 0. The van der Waals surface area contributed by atoms with Gasteiger partial charge in [0.15, 0.2) is 0 Å². The van der Waals surface area contributed by atoms with Crippen molar-refractivity contribution in [2.24, 2.45) is 5.92 Å². The van der Waals surface area contributed by atoms with Crippen LogP contribution in [0.15, 0.2) is 48.5 Å². The zero-order valence-corrected chi connectivity index (χ0v) is 11.0. The normalized spacial score (nSPS) is 11.5. The summed E-state index contributed by atoms with van der Waals surface area (Å²) in [6, 6.07) is 13.7. The topological polar surface area (TPSA) is 52.9 Å². The lowest BCUT2D eigenvalue weighted by molar-refractivity contribution is -0.118. The summed E-state index contributed by atoms with van der Waals surface area (Å²) in [7, 11) is 0. The van der Waals surface area contributed by atoms with E-state index in [4.69, 9.17) is 5.26 Å². The monoisotopic (exact) mass is 286 g/mol. The Balaban J connectivity index is 2.08. The molecule has 1 N–H and O–H groups in total. The van der Waals surface area contributed by atoms with Crippen molar-refractivity contribution in [1.29, 1.82) is 5.26 Å². The van der Waals surface area contributed by atoms with Crippen LogP contribution in [0.2, 0.25) is 0 Å². The Morgan fingerprint density at radius 1 is 1.14 bits per heavy atom. The van der Waals surface area contributed by atoms with Gasteiger partial charge in [0.25, 0.3) is 0 Å². The van der Waals surface area contributed by atoms with Gasteiger partial charge in [-0.05, 0) is 24.1 Å². The van der Waals surface area contributed by atoms with Crippen LogP contribution in [-0.4, -0.2) is 5.91 Å². The molecule has 0 radical (unpaired) electrons. The molecule has 1 unspecified atom stereocenters. The van der Waals surface area contributed by atoms with Gasteiger partial charge >= 0.3 is 0 Å². The van der Waals surface area contributed by atoms with Gasteiger partial charge in [-0.15, -0.1) is 0 Å². The second-order valence-electron chi connectivity index (χ2n) is 4.52. The van der Waals surface area contributed by atoms with E-state index in [-0.39, 0.29) is 12.1 Å². The number of amides is 1. The van der Waals surface area contributed by atoms with Crippen LogP contribution >= 0.6 is 0 Å². The molecule has 106 valence electrons. The Bertz CT molecular complexity index is 660. The van der Waals surface area contributed by atoms with Gasteiger partial charge in [-0.25, -0.2) is 8.78 Å². The highest BCUT2D eigenvalue weighted by Crippen LogP contribution is 2.15. The van der Waals surface area contributed by atoms with Crippen LogP contribution in [0.1, 0.15) is 5.56 Å². The SMILES string of the molecule is N#CC(Cc1ccccc1)C(=O)Nc1cc(F)cc(F)c1. The number of nitrogens with one attached hydrogen (secondary N) is 1. The molecule has 21 heavy (non-hydrogen) atoms. The van der Waals surface area contributed by atoms with Crippen LogP contribution < -0.4 is 5.32 Å². The maximum absolute atomic E-state index is 13.1. The number of carbonyl (C=O) groups is 1. The van der Waals surface area contributed by atoms with Crippen LogP contribution in [0, 0.1) is 28.9 Å². The largest absolute Gasteiger partial charge is 0.325 e. The molecule has 0 aromatic heterocycles. The molecule has 0 fully saturated rings. The van der Waals surface area contributed by atoms with E-state index in [2.05, 4.69) is 5.32 Å². The number of anilines is 1. The lowest BCUT2D eigenvalue weighted by Crippen LogP contribution is -2.23. The molecule has 2 aromatic rings. The Hall–Kier alpha value is -2.74. The molecule has 0 aliphatic heterocycles. The van der Waals surface area contributed by atoms with E-state index < -0.39 is 23.5 Å². The summed E-state index contributed by atoms with van der Waals surface area (Å²) >= 11 is 0. The molecule has 0 aliphatic carbocycles. The summed E-state index contributed by atoms with van der Waals surface area (Å²) in [5, 5.41) is 11.4. The zero-order chi connectivity index (χ0) is 15.2. The fourth-order valence-corrected chi connectivity index (χ4v) is 1.90. The molecule has 1 atom stereocenters. The van der Waals surface area contributed by atoms with Crippen molar-refractivity contribution in [3.8, 4) is 6.07 Å². The molecule has 0 bridgehead atoms. The highest BCUT2D eigenvalue weighted by atomic mass is 19.1. The maximum Gasteiger partial charge on any atom is 0.242 e. The molecule has 2 aromatic carbocycles. The number of rotatable bonds is 4. The summed E-state index contributed by atoms with van der Waals surface area (Å²) < 4.78 is 26.1. The van der Waals surface area contributed by atoms with Crippen LogP contribution in [0.3, 0.4) is 0 Å². The van der Waals surface area contributed by atoms with Crippen molar-refractivity contribution in [3.63, 3.8) is 0 Å². The van der Waals surface area contributed by atoms with Gasteiger partial charge in [-0.3, -0.25) is 4.79 Å². The Labute approximate surface area is 120 Å². The predicted molar refractivity (Wildman–Crippen MR) is 74.2 cm³/mol. The number of hydrogen-bond donors (Lipinski definition) is 1. The molecule has 5 heteroatoms. The van der Waals surface area contributed by atoms with E-state index >= 15 is 0 Å². The average Bonchev–Trinajstić information content (AvgIpc) is 2.44. The number of carbonyl (C=O) groups excluding carboxylic acids is 1. The fourth-order valence-electron chi connectivity index (χ4n) is 1.90. The Kier molecular flexibility index (Phi) is 4.62. The van der Waals surface area contributed by atoms with Gasteiger partial charge < -0.3 is 5.32 Å². The molecule has 0 spiro atoms. The number of benzene rings is 2. The summed E-state index contributed by atoms with van der Waals surface area (Å²) in [4.78, 5) is 12.0. The zero-order valence-electron chi connectivity index (χ0n) is 11.0. The first-order chi connectivity index (χ1) is 10.1. The molecular formula is C16H12F2N2O. The van der Waals surface area contributed by atoms with E-state index in [0.717, 1.165) is 17.7 Å². The van der Waals surface area contributed by atoms with Crippen molar-refractivity contribution in [2.45, 2.75) is 6.42 Å². The molecule has 0 saturated heterocycles. The van der Waals surface area contributed by atoms with E-state index in [0.29, 0.717) is 6.07 Å². The number of hydrogen-bond acceptors (Lipinski definition) is 2. The number of nitrogens with zero attached hydrogens (tertiary/aromatic N) is 1. The first kappa shape index (κ1) is 14.7. The van der Waals surface area contributed by atoms with Gasteiger partial charge in [0.2, 0.25) is 5.91 Å². The quantitative estimate of drug-likeness (QED) is 0.937. The lowest BCUT2D eigenvalue weighted by Gasteiger charge is -2.10. The van der Waals surface area contributed by atoms with Crippen LogP contribution in [0.5, 0.6) is 0 Å². The molecule has 3 nitrogen and oxygen atoms in total. The van der Waals surface area contributed by atoms with Gasteiger partial charge in [-0.1, -0.05) is 30.3 Å². The minimum absolute atomic E-state index is 0.00851. The maximum atomic E-state index is 13.1. The van der Waals surface area contributed by atoms with E-state index in [1.807, 2.05) is 24.3 Å². The number of nitriles is 1. The number of halogens is 2. The summed E-state index contributed by atoms with van der Waals surface area (Å²) in [6.07, 6.45) is 0.237. The van der Waals surface area contributed by atoms with E-state index in [1.54, 1.807) is 12.1 Å². The van der Waals surface area contributed by atoms with Crippen molar-refractivity contribution in [2.75, 3.05) is 5.32 Å². The van der Waals surface area contributed by atoms with Gasteiger partial charge in [-0.2, -0.15) is 5.26 Å². The standard InChI is InChI=1S/C16H12F2N2O/c17-13-7-14(18)9-15(8-13)20-16(21)12(10-19)6-11-4-2-1-3-5-11/h1-5,7-9,12H,6H2,(H,20,21). The van der Waals surface area contributed by atoms with Crippen molar-refractivity contribution >= 4 is 11.6 Å². The predicted octanol–water partition coefficient (Wildman–Crippen LogP) is 3.29. The fraction of sp³-hybridized carbons (Fsp3) is 0.125. The van der Waals surface area contributed by atoms with Gasteiger partial charge in [0.05, 0.1) is 6.07 Å². The molecule has 0 heterocycles. The van der Waals surface area contributed by atoms with Crippen LogP contribution in [-0.2, 0) is 11.2 Å². The van der Waals surface area contributed by atoms with Crippen LogP contribution in [0.4, 0.5) is 14.5 Å². The minimum atomic E-state index is -0.932. The average molecular weight is 286 g/mol. The van der Waals surface area contributed by atoms with E-state index in [1.165, 1.54) is 0 Å². The molecule has 2 rings (SSSR count). The third-order valence-corrected chi connectivity index (χ3v) is 2.89. The molecule has 1 amide bonds. The first-order valence-electron chi connectivity index (χ1n) is 6.29. The minimum Gasteiger partial charge on any atom is -0.325 e. The molecular weight excluding hydrogens is 274 g/mol. The van der Waals surface area contributed by atoms with Crippen molar-refractivity contribution < 1.29 is 13.6 Å². The van der Waals surface area contributed by atoms with Gasteiger partial charge in [0.1, 0.15) is 17.6 Å². The Morgan fingerprint density at radius 3 is 2.33 bits per heavy atom. The summed E-state index contributed by atoms with van der Waals surface area (Å²) in [5.41, 5.74) is 0.829. The highest BCUT2D eigenvalue weighted by Gasteiger charge is 2.19. The third kappa shape index (κ3) is 4.11. The molecule has 0 saturated carbocycles. The second-order valence-corrected chi connectivity index (χ2v) is 4.52. The lowest BCUT2D eigenvalue weighted by atomic mass is 10.00. The van der Waals surface area contributed by atoms with Crippen molar-refractivity contribution in [1.82, 2.24) is 0 Å². The third-order valence-electron chi connectivity index (χ3n) is 2.89. The van der Waals surface area contributed by atoms with E-state index in [9.17, 15) is 13.6 Å². The molecule has 0 aliphatic rings. The smallest absolute Gasteiger partial charge is 0.242 e. The Morgan fingerprint density at radius 2 is 1.76 bits per heavy atom. The van der Waals surface area contributed by atoms with Gasteiger partial charge in [0, 0.05) is 11.8 Å². The highest BCUT2D eigenvalue weighted by molar-refractivity contribution is 5.94. The van der Waals surface area contributed by atoms with Crippen LogP contribution in [0.25, 0.3) is 0 Å².